The summed E-state index contributed by atoms with van der Waals surface area (Å²) < 4.78 is 0. The van der Waals surface area contributed by atoms with E-state index < -0.39 is 0 Å². The zero-order chi connectivity index (χ0) is 28.0. The molecule has 6 heteroatoms. The second-order valence-corrected chi connectivity index (χ2v) is 10.7. The van der Waals surface area contributed by atoms with E-state index in [1.807, 2.05) is 78.9 Å². The van der Waals surface area contributed by atoms with Crippen LogP contribution >= 0.6 is 0 Å². The highest BCUT2D eigenvalue weighted by Crippen LogP contribution is 2.39. The fraction of sp³-hybridized carbons (Fsp3) is 0.200. The van der Waals surface area contributed by atoms with E-state index in [0.717, 1.165) is 47.7 Å². The van der Waals surface area contributed by atoms with Crippen molar-refractivity contribution in [3.63, 3.8) is 0 Å². The SMILES string of the molecule is O=C(Cc1ccccc1)Nc1ccc2c(c1)NC(=O)/C2=C(/Nc1ccc(CN2CCCCC2)cc1)c1ccccc1. The minimum atomic E-state index is -0.180. The first kappa shape index (κ1) is 26.5. The van der Waals surface area contributed by atoms with Gasteiger partial charge in [-0.1, -0.05) is 79.2 Å². The smallest absolute Gasteiger partial charge is 0.258 e. The third-order valence-electron chi connectivity index (χ3n) is 7.65. The number of nitrogens with zero attached hydrogens (tertiary/aromatic N) is 1. The first-order chi connectivity index (χ1) is 20.1. The predicted octanol–water partition coefficient (Wildman–Crippen LogP) is 6.79. The maximum absolute atomic E-state index is 13.4. The molecule has 2 amide bonds. The second kappa shape index (κ2) is 12.2. The fourth-order valence-electron chi connectivity index (χ4n) is 5.58. The Hall–Kier alpha value is -4.68. The van der Waals surface area contributed by atoms with Crippen molar-refractivity contribution < 1.29 is 9.59 Å². The number of carbonyl (C=O) groups excluding carboxylic acids is 2. The van der Waals surface area contributed by atoms with Crippen LogP contribution in [0.5, 0.6) is 0 Å². The third kappa shape index (κ3) is 6.39. The van der Waals surface area contributed by atoms with Crippen molar-refractivity contribution in [2.75, 3.05) is 29.0 Å². The number of hydrogen-bond donors (Lipinski definition) is 3. The summed E-state index contributed by atoms with van der Waals surface area (Å²) in [7, 11) is 0. The molecule has 6 nitrogen and oxygen atoms in total. The maximum Gasteiger partial charge on any atom is 0.258 e. The largest absolute Gasteiger partial charge is 0.354 e. The Balaban J connectivity index is 1.25. The lowest BCUT2D eigenvalue weighted by Crippen LogP contribution is -2.29. The van der Waals surface area contributed by atoms with Gasteiger partial charge in [-0.15, -0.1) is 0 Å². The summed E-state index contributed by atoms with van der Waals surface area (Å²) in [6.45, 7) is 3.29. The van der Waals surface area contributed by atoms with Crippen molar-refractivity contribution in [1.82, 2.24) is 4.90 Å². The average Bonchev–Trinajstić information content (AvgIpc) is 3.32. The molecular formula is C35H34N4O2. The van der Waals surface area contributed by atoms with Crippen molar-refractivity contribution in [2.24, 2.45) is 0 Å². The number of nitrogens with one attached hydrogen (secondary N) is 3. The predicted molar refractivity (Wildman–Crippen MR) is 166 cm³/mol. The molecule has 1 fully saturated rings. The molecule has 3 N–H and O–H groups in total. The lowest BCUT2D eigenvalue weighted by atomic mass is 9.99. The van der Waals surface area contributed by atoms with Crippen LogP contribution in [0.25, 0.3) is 11.3 Å². The molecule has 206 valence electrons. The number of hydrogen-bond acceptors (Lipinski definition) is 4. The molecule has 0 bridgehead atoms. The lowest BCUT2D eigenvalue weighted by Gasteiger charge is -2.26. The first-order valence-electron chi connectivity index (χ1n) is 14.3. The van der Waals surface area contributed by atoms with Crippen LogP contribution in [0.2, 0.25) is 0 Å². The van der Waals surface area contributed by atoms with Crippen LogP contribution in [0, 0.1) is 0 Å². The van der Waals surface area contributed by atoms with Crippen molar-refractivity contribution in [3.05, 3.63) is 125 Å². The molecule has 0 unspecified atom stereocenters. The van der Waals surface area contributed by atoms with Gasteiger partial charge in [-0.25, -0.2) is 0 Å². The summed E-state index contributed by atoms with van der Waals surface area (Å²) in [5.41, 5.74) is 7.51. The molecule has 0 radical (unpaired) electrons. The van der Waals surface area contributed by atoms with Gasteiger partial charge in [0.25, 0.3) is 5.91 Å². The summed E-state index contributed by atoms with van der Waals surface area (Å²) in [5, 5.41) is 9.52. The van der Waals surface area contributed by atoms with E-state index in [0.29, 0.717) is 16.9 Å². The Morgan fingerprint density at radius 1 is 0.732 bits per heavy atom. The number of rotatable bonds is 8. The van der Waals surface area contributed by atoms with Gasteiger partial charge in [-0.2, -0.15) is 0 Å². The topological polar surface area (TPSA) is 73.5 Å². The van der Waals surface area contributed by atoms with Gasteiger partial charge in [-0.05, 0) is 73.0 Å². The normalized spacial score (nSPS) is 16.0. The minimum absolute atomic E-state index is 0.105. The Bertz CT molecular complexity index is 1560. The molecule has 0 atom stereocenters. The molecule has 0 spiro atoms. The van der Waals surface area contributed by atoms with Crippen LogP contribution in [0.3, 0.4) is 0 Å². The van der Waals surface area contributed by atoms with Gasteiger partial charge in [-0.3, -0.25) is 14.5 Å². The molecule has 1 saturated heterocycles. The van der Waals surface area contributed by atoms with Gasteiger partial charge < -0.3 is 16.0 Å². The summed E-state index contributed by atoms with van der Waals surface area (Å²) in [4.78, 5) is 28.5. The van der Waals surface area contributed by atoms with E-state index >= 15 is 0 Å². The molecule has 0 aromatic heterocycles. The number of benzene rings is 4. The van der Waals surface area contributed by atoms with Crippen molar-refractivity contribution in [1.29, 1.82) is 0 Å². The number of fused-ring (bicyclic) bond motifs is 1. The molecule has 2 aliphatic rings. The van der Waals surface area contributed by atoms with Gasteiger partial charge in [0, 0.05) is 23.5 Å². The lowest BCUT2D eigenvalue weighted by molar-refractivity contribution is -0.115. The van der Waals surface area contributed by atoms with Gasteiger partial charge in [0.15, 0.2) is 0 Å². The summed E-state index contributed by atoms with van der Waals surface area (Å²) in [6.07, 6.45) is 4.17. The van der Waals surface area contributed by atoms with Crippen LogP contribution in [-0.2, 0) is 22.6 Å². The average molecular weight is 543 g/mol. The van der Waals surface area contributed by atoms with Gasteiger partial charge in [0.05, 0.1) is 23.4 Å². The van der Waals surface area contributed by atoms with Crippen LogP contribution in [0.15, 0.2) is 103 Å². The fourth-order valence-corrected chi connectivity index (χ4v) is 5.58. The highest BCUT2D eigenvalue weighted by atomic mass is 16.2. The zero-order valence-corrected chi connectivity index (χ0v) is 23.0. The summed E-state index contributed by atoms with van der Waals surface area (Å²) in [5.74, 6) is -0.285. The maximum atomic E-state index is 13.4. The molecule has 4 aromatic carbocycles. The van der Waals surface area contributed by atoms with E-state index in [9.17, 15) is 9.59 Å². The first-order valence-corrected chi connectivity index (χ1v) is 14.3. The number of likely N-dealkylation sites (tertiary alicyclic amines) is 1. The molecule has 2 heterocycles. The molecule has 4 aromatic rings. The van der Waals surface area contributed by atoms with Crippen molar-refractivity contribution in [3.8, 4) is 0 Å². The van der Waals surface area contributed by atoms with Gasteiger partial charge in [0.1, 0.15) is 0 Å². The van der Waals surface area contributed by atoms with Crippen LogP contribution < -0.4 is 16.0 Å². The second-order valence-electron chi connectivity index (χ2n) is 10.7. The quantitative estimate of drug-likeness (QED) is 0.215. The highest BCUT2D eigenvalue weighted by Gasteiger charge is 2.29. The van der Waals surface area contributed by atoms with Crippen LogP contribution in [0.1, 0.15) is 41.5 Å². The van der Waals surface area contributed by atoms with Crippen molar-refractivity contribution >= 4 is 40.1 Å². The Morgan fingerprint density at radius 3 is 2.15 bits per heavy atom. The van der Waals surface area contributed by atoms with Crippen LogP contribution in [-0.4, -0.2) is 29.8 Å². The number of piperidine rings is 1. The standard InChI is InChI=1S/C35H34N4O2/c40-32(22-25-10-4-1-5-11-25)36-29-18-19-30-31(23-29)38-35(41)33(30)34(27-12-6-2-7-13-27)37-28-16-14-26(15-17-28)24-39-20-8-3-9-21-39/h1-2,4-7,10-19,23,37H,3,8-9,20-22,24H2,(H,36,40)(H,38,41)/b34-33+. The van der Waals surface area contributed by atoms with E-state index in [1.54, 1.807) is 0 Å². The summed E-state index contributed by atoms with van der Waals surface area (Å²) in [6, 6.07) is 33.6. The zero-order valence-electron chi connectivity index (χ0n) is 23.0. The van der Waals surface area contributed by atoms with Crippen LogP contribution in [0.4, 0.5) is 17.1 Å². The van der Waals surface area contributed by atoms with E-state index in [-0.39, 0.29) is 18.2 Å². The van der Waals surface area contributed by atoms with E-state index in [1.165, 1.54) is 24.8 Å². The minimum Gasteiger partial charge on any atom is -0.354 e. The van der Waals surface area contributed by atoms with E-state index in [4.69, 9.17) is 0 Å². The number of amides is 2. The molecule has 2 aliphatic heterocycles. The molecule has 0 saturated carbocycles. The summed E-state index contributed by atoms with van der Waals surface area (Å²) >= 11 is 0. The highest BCUT2D eigenvalue weighted by molar-refractivity contribution is 6.37. The van der Waals surface area contributed by atoms with Gasteiger partial charge in [0.2, 0.25) is 5.91 Å². The van der Waals surface area contributed by atoms with E-state index in [2.05, 4.69) is 45.1 Å². The Kier molecular flexibility index (Phi) is 7.92. The molecular weight excluding hydrogens is 508 g/mol. The third-order valence-corrected chi connectivity index (χ3v) is 7.65. The molecule has 0 aliphatic carbocycles. The monoisotopic (exact) mass is 542 g/mol. The Labute approximate surface area is 241 Å². The molecule has 6 rings (SSSR count). The molecule has 41 heavy (non-hydrogen) atoms. The number of carbonyl (C=O) groups is 2. The Morgan fingerprint density at radius 2 is 1.41 bits per heavy atom. The van der Waals surface area contributed by atoms with Gasteiger partial charge >= 0.3 is 0 Å². The number of anilines is 3. The van der Waals surface area contributed by atoms with Crippen molar-refractivity contribution in [2.45, 2.75) is 32.2 Å².